The number of carbonyl (C=O) groups is 1. The molecular formula is C15H15F2NO4. The molecule has 2 aromatic rings. The van der Waals surface area contributed by atoms with E-state index in [1.54, 1.807) is 12.1 Å². The highest BCUT2D eigenvalue weighted by atomic mass is 19.2. The van der Waals surface area contributed by atoms with Crippen LogP contribution in [0.2, 0.25) is 0 Å². The van der Waals surface area contributed by atoms with E-state index in [1.165, 1.54) is 19.3 Å². The van der Waals surface area contributed by atoms with Gasteiger partial charge in [0.2, 0.25) is 0 Å². The van der Waals surface area contributed by atoms with Crippen LogP contribution >= 0.6 is 0 Å². The molecule has 118 valence electrons. The molecule has 0 bridgehead atoms. The van der Waals surface area contributed by atoms with Gasteiger partial charge in [-0.3, -0.25) is 4.79 Å². The fraction of sp³-hybridized carbons (Fsp3) is 0.267. The van der Waals surface area contributed by atoms with Gasteiger partial charge in [0, 0.05) is 6.07 Å². The van der Waals surface area contributed by atoms with Crippen molar-refractivity contribution in [3.63, 3.8) is 0 Å². The van der Waals surface area contributed by atoms with Gasteiger partial charge in [-0.15, -0.1) is 0 Å². The van der Waals surface area contributed by atoms with Crippen molar-refractivity contribution in [2.75, 3.05) is 6.61 Å². The van der Waals surface area contributed by atoms with Crippen LogP contribution in [-0.4, -0.2) is 23.7 Å². The van der Waals surface area contributed by atoms with Crippen molar-refractivity contribution < 1.29 is 27.8 Å². The van der Waals surface area contributed by atoms with Crippen molar-refractivity contribution in [1.82, 2.24) is 5.32 Å². The van der Waals surface area contributed by atoms with Crippen LogP contribution in [0.3, 0.4) is 0 Å². The van der Waals surface area contributed by atoms with E-state index in [0.717, 1.165) is 12.1 Å². The minimum absolute atomic E-state index is 0.0279. The Hall–Kier alpha value is -2.41. The van der Waals surface area contributed by atoms with Crippen LogP contribution in [0.25, 0.3) is 0 Å². The summed E-state index contributed by atoms with van der Waals surface area (Å²) in [6.07, 6.45) is 0.458. The molecule has 0 saturated carbocycles. The smallest absolute Gasteiger partial charge is 0.261 e. The number of aliphatic hydroxyl groups is 1. The summed E-state index contributed by atoms with van der Waals surface area (Å²) in [4.78, 5) is 12.0. The number of furan rings is 1. The molecular weight excluding hydrogens is 296 g/mol. The molecule has 0 aliphatic rings. The quantitative estimate of drug-likeness (QED) is 0.858. The number of hydrogen-bond acceptors (Lipinski definition) is 4. The summed E-state index contributed by atoms with van der Waals surface area (Å²) in [7, 11) is 0. The summed E-state index contributed by atoms with van der Waals surface area (Å²) in [5.74, 6) is -2.16. The Balaban J connectivity index is 1.98. The fourth-order valence-corrected chi connectivity index (χ4v) is 1.79. The van der Waals surface area contributed by atoms with E-state index in [2.05, 4.69) is 5.32 Å². The van der Waals surface area contributed by atoms with Crippen molar-refractivity contribution in [3.8, 4) is 5.75 Å². The molecule has 1 aromatic carbocycles. The number of amides is 1. The molecule has 22 heavy (non-hydrogen) atoms. The summed E-state index contributed by atoms with van der Waals surface area (Å²) in [5, 5.41) is 11.8. The third-order valence-electron chi connectivity index (χ3n) is 2.96. The summed E-state index contributed by atoms with van der Waals surface area (Å²) in [6.45, 7) is 1.10. The third kappa shape index (κ3) is 3.82. The summed E-state index contributed by atoms with van der Waals surface area (Å²) in [5.41, 5.74) is 0. The predicted molar refractivity (Wildman–Crippen MR) is 73.1 cm³/mol. The highest BCUT2D eigenvalue weighted by Crippen LogP contribution is 2.18. The second-order valence-corrected chi connectivity index (χ2v) is 4.60. The van der Waals surface area contributed by atoms with Crippen LogP contribution in [0.5, 0.6) is 5.75 Å². The number of aliphatic hydroxyl groups excluding tert-OH is 1. The van der Waals surface area contributed by atoms with Crippen molar-refractivity contribution in [2.24, 2.45) is 0 Å². The lowest BCUT2D eigenvalue weighted by Gasteiger charge is -2.18. The molecule has 2 atom stereocenters. The molecule has 0 fully saturated rings. The maximum absolute atomic E-state index is 13.1. The monoisotopic (exact) mass is 311 g/mol. The lowest BCUT2D eigenvalue weighted by Crippen LogP contribution is -2.39. The SMILES string of the molecule is CC(Oc1ccc(F)c(F)c1)C(=O)NC(CO)c1ccco1. The number of benzene rings is 1. The van der Waals surface area contributed by atoms with E-state index in [4.69, 9.17) is 9.15 Å². The summed E-state index contributed by atoms with van der Waals surface area (Å²) in [6, 6.07) is 5.52. The Labute approximate surface area is 125 Å². The molecule has 2 unspecified atom stereocenters. The Morgan fingerprint density at radius 1 is 1.36 bits per heavy atom. The Kier molecular flexibility index (Phi) is 5.11. The second kappa shape index (κ2) is 7.04. The zero-order valence-electron chi connectivity index (χ0n) is 11.8. The van der Waals surface area contributed by atoms with Gasteiger partial charge in [-0.1, -0.05) is 0 Å². The van der Waals surface area contributed by atoms with Crippen LogP contribution in [0.1, 0.15) is 18.7 Å². The van der Waals surface area contributed by atoms with Gasteiger partial charge in [-0.05, 0) is 31.2 Å². The summed E-state index contributed by atoms with van der Waals surface area (Å²) < 4.78 is 36.3. The van der Waals surface area contributed by atoms with Crippen LogP contribution in [-0.2, 0) is 4.79 Å². The largest absolute Gasteiger partial charge is 0.481 e. The molecule has 0 saturated heterocycles. The molecule has 2 N–H and O–H groups in total. The first kappa shape index (κ1) is 16.0. The second-order valence-electron chi connectivity index (χ2n) is 4.60. The van der Waals surface area contributed by atoms with Crippen molar-refractivity contribution in [2.45, 2.75) is 19.1 Å². The Bertz CT molecular complexity index is 630. The molecule has 0 radical (unpaired) electrons. The molecule has 1 heterocycles. The molecule has 1 aromatic heterocycles. The molecule has 0 aliphatic heterocycles. The first-order valence-corrected chi connectivity index (χ1v) is 6.57. The molecule has 0 aliphatic carbocycles. The zero-order valence-corrected chi connectivity index (χ0v) is 11.8. The first-order valence-electron chi connectivity index (χ1n) is 6.57. The van der Waals surface area contributed by atoms with Gasteiger partial charge in [0.1, 0.15) is 17.6 Å². The highest BCUT2D eigenvalue weighted by molar-refractivity contribution is 5.81. The van der Waals surface area contributed by atoms with Crippen LogP contribution in [0.15, 0.2) is 41.0 Å². The van der Waals surface area contributed by atoms with E-state index in [9.17, 15) is 18.7 Å². The lowest BCUT2D eigenvalue weighted by atomic mass is 10.2. The predicted octanol–water partition coefficient (Wildman–Crippen LogP) is 2.17. The van der Waals surface area contributed by atoms with Gasteiger partial charge in [0.05, 0.1) is 12.9 Å². The maximum atomic E-state index is 13.1. The van der Waals surface area contributed by atoms with Gasteiger partial charge in [0.25, 0.3) is 5.91 Å². The topological polar surface area (TPSA) is 71.7 Å². The van der Waals surface area contributed by atoms with E-state index in [0.29, 0.717) is 5.76 Å². The Morgan fingerprint density at radius 2 is 2.14 bits per heavy atom. The van der Waals surface area contributed by atoms with E-state index >= 15 is 0 Å². The summed E-state index contributed by atoms with van der Waals surface area (Å²) >= 11 is 0. The van der Waals surface area contributed by atoms with E-state index in [-0.39, 0.29) is 12.4 Å². The maximum Gasteiger partial charge on any atom is 0.261 e. The number of rotatable bonds is 6. The highest BCUT2D eigenvalue weighted by Gasteiger charge is 2.21. The molecule has 0 spiro atoms. The van der Waals surface area contributed by atoms with Gasteiger partial charge in [0.15, 0.2) is 17.7 Å². The number of halogens is 2. The van der Waals surface area contributed by atoms with Crippen molar-refractivity contribution in [1.29, 1.82) is 0 Å². The minimum Gasteiger partial charge on any atom is -0.481 e. The zero-order chi connectivity index (χ0) is 16.1. The fourth-order valence-electron chi connectivity index (χ4n) is 1.79. The average Bonchev–Trinajstić information content (AvgIpc) is 3.02. The van der Waals surface area contributed by atoms with Crippen LogP contribution in [0.4, 0.5) is 8.78 Å². The third-order valence-corrected chi connectivity index (χ3v) is 2.96. The van der Waals surface area contributed by atoms with Gasteiger partial charge in [-0.25, -0.2) is 8.78 Å². The number of nitrogens with one attached hydrogen (secondary N) is 1. The Morgan fingerprint density at radius 3 is 2.73 bits per heavy atom. The van der Waals surface area contributed by atoms with Gasteiger partial charge in [-0.2, -0.15) is 0 Å². The number of ether oxygens (including phenoxy) is 1. The van der Waals surface area contributed by atoms with Crippen LogP contribution < -0.4 is 10.1 Å². The van der Waals surface area contributed by atoms with E-state index in [1.807, 2.05) is 0 Å². The first-order chi connectivity index (χ1) is 10.5. The van der Waals surface area contributed by atoms with Gasteiger partial charge >= 0.3 is 0 Å². The minimum atomic E-state index is -1.06. The molecule has 2 rings (SSSR count). The molecule has 1 amide bonds. The number of carbonyl (C=O) groups excluding carboxylic acids is 1. The van der Waals surface area contributed by atoms with Crippen LogP contribution in [0, 0.1) is 11.6 Å². The normalized spacial score (nSPS) is 13.5. The van der Waals surface area contributed by atoms with Crippen molar-refractivity contribution in [3.05, 3.63) is 54.0 Å². The molecule has 7 heteroatoms. The lowest BCUT2D eigenvalue weighted by molar-refractivity contribution is -0.128. The average molecular weight is 311 g/mol. The van der Waals surface area contributed by atoms with Crippen molar-refractivity contribution >= 4 is 5.91 Å². The number of hydrogen-bond donors (Lipinski definition) is 2. The molecule has 5 nitrogen and oxygen atoms in total. The van der Waals surface area contributed by atoms with E-state index < -0.39 is 29.7 Å². The van der Waals surface area contributed by atoms with Gasteiger partial charge < -0.3 is 19.6 Å². The standard InChI is InChI=1S/C15H15F2NO4/c1-9(22-10-4-5-11(16)12(17)7-10)15(20)18-13(8-19)14-3-2-6-21-14/h2-7,9,13,19H,8H2,1H3,(H,18,20).